The second-order valence-electron chi connectivity index (χ2n) is 5.57. The summed E-state index contributed by atoms with van der Waals surface area (Å²) in [6.07, 6.45) is 9.94. The van der Waals surface area contributed by atoms with E-state index in [4.69, 9.17) is 0 Å². The van der Waals surface area contributed by atoms with Crippen LogP contribution in [0.25, 0.3) is 0 Å². The Morgan fingerprint density at radius 3 is 2.58 bits per heavy atom. The summed E-state index contributed by atoms with van der Waals surface area (Å²) in [5, 5.41) is 3.19. The van der Waals surface area contributed by atoms with Crippen molar-refractivity contribution in [1.82, 2.24) is 10.3 Å². The lowest BCUT2D eigenvalue weighted by Gasteiger charge is -2.27. The Hall–Kier alpha value is -1.58. The van der Waals surface area contributed by atoms with E-state index in [0.717, 1.165) is 31.5 Å². The molecule has 3 rings (SSSR count). The average Bonchev–Trinajstić information content (AvgIpc) is 3.26. The van der Waals surface area contributed by atoms with Gasteiger partial charge < -0.3 is 5.32 Å². The first-order valence-electron chi connectivity index (χ1n) is 7.35. The molecule has 0 aromatic carbocycles. The Bertz CT molecular complexity index is 424. The third kappa shape index (κ3) is 3.06. The van der Waals surface area contributed by atoms with Gasteiger partial charge in [-0.15, -0.1) is 0 Å². The number of hydrogen-bond donors (Lipinski definition) is 1. The lowest BCUT2D eigenvalue weighted by molar-refractivity contribution is 0.237. The lowest BCUT2D eigenvalue weighted by atomic mass is 9.96. The molecule has 1 heterocycles. The van der Waals surface area contributed by atoms with Crippen LogP contribution in [-0.2, 0) is 0 Å². The fraction of sp³-hybridized carbons (Fsp3) is 0.600. The monoisotopic (exact) mass is 259 g/mol. The molecular formula is C15H21N3O. The maximum absolute atomic E-state index is 12.5. The minimum Gasteiger partial charge on any atom is -0.335 e. The molecule has 0 atom stereocenters. The van der Waals surface area contributed by atoms with Crippen molar-refractivity contribution in [3.8, 4) is 0 Å². The fourth-order valence-corrected chi connectivity index (χ4v) is 2.78. The van der Waals surface area contributed by atoms with Gasteiger partial charge in [0.05, 0.1) is 0 Å². The second-order valence-corrected chi connectivity index (χ2v) is 5.57. The van der Waals surface area contributed by atoms with Crippen molar-refractivity contribution in [2.75, 3.05) is 4.90 Å². The molecule has 1 aromatic rings. The summed E-state index contributed by atoms with van der Waals surface area (Å²) < 4.78 is 0. The molecule has 2 aliphatic rings. The first-order valence-corrected chi connectivity index (χ1v) is 7.35. The molecule has 4 nitrogen and oxygen atoms in total. The average molecular weight is 259 g/mol. The van der Waals surface area contributed by atoms with Crippen LogP contribution >= 0.6 is 0 Å². The number of rotatable bonds is 3. The third-order valence-corrected chi connectivity index (χ3v) is 3.96. The van der Waals surface area contributed by atoms with Gasteiger partial charge in [-0.25, -0.2) is 9.78 Å². The van der Waals surface area contributed by atoms with E-state index in [2.05, 4.69) is 10.3 Å². The number of carbonyl (C=O) groups excluding carboxylic acids is 1. The highest BCUT2D eigenvalue weighted by molar-refractivity contribution is 5.92. The Balaban J connectivity index is 1.68. The zero-order chi connectivity index (χ0) is 13.1. The Kier molecular flexibility index (Phi) is 3.67. The highest BCUT2D eigenvalue weighted by atomic mass is 16.2. The van der Waals surface area contributed by atoms with Crippen LogP contribution in [0.15, 0.2) is 24.4 Å². The molecule has 0 radical (unpaired) electrons. The molecule has 19 heavy (non-hydrogen) atoms. The van der Waals surface area contributed by atoms with Crippen LogP contribution in [0.4, 0.5) is 10.6 Å². The summed E-state index contributed by atoms with van der Waals surface area (Å²) in [5.74, 6) is 0.776. The van der Waals surface area contributed by atoms with Gasteiger partial charge in [-0.3, -0.25) is 4.90 Å². The molecular weight excluding hydrogens is 238 g/mol. The molecule has 0 saturated heterocycles. The minimum atomic E-state index is 0.0353. The van der Waals surface area contributed by atoms with Gasteiger partial charge in [0.15, 0.2) is 0 Å². The molecule has 102 valence electrons. The summed E-state index contributed by atoms with van der Waals surface area (Å²) in [4.78, 5) is 18.6. The third-order valence-electron chi connectivity index (χ3n) is 3.96. The summed E-state index contributed by atoms with van der Waals surface area (Å²) in [6.45, 7) is 0. The van der Waals surface area contributed by atoms with E-state index >= 15 is 0 Å². The number of urea groups is 1. The molecule has 0 bridgehead atoms. The number of nitrogens with zero attached hydrogens (tertiary/aromatic N) is 2. The minimum absolute atomic E-state index is 0.0353. The highest BCUT2D eigenvalue weighted by Crippen LogP contribution is 2.30. The summed E-state index contributed by atoms with van der Waals surface area (Å²) >= 11 is 0. The number of amides is 2. The second kappa shape index (κ2) is 5.59. The Labute approximate surface area is 114 Å². The van der Waals surface area contributed by atoms with Crippen LogP contribution in [0, 0.1) is 0 Å². The first kappa shape index (κ1) is 12.5. The fourth-order valence-electron chi connectivity index (χ4n) is 2.78. The van der Waals surface area contributed by atoms with Crippen LogP contribution in [-0.4, -0.2) is 23.1 Å². The topological polar surface area (TPSA) is 45.2 Å². The van der Waals surface area contributed by atoms with Gasteiger partial charge in [0.1, 0.15) is 5.82 Å². The van der Waals surface area contributed by atoms with E-state index in [1.807, 2.05) is 23.1 Å². The van der Waals surface area contributed by atoms with Gasteiger partial charge in [0.2, 0.25) is 0 Å². The van der Waals surface area contributed by atoms with Crippen molar-refractivity contribution in [3.63, 3.8) is 0 Å². The zero-order valence-electron chi connectivity index (χ0n) is 11.2. The molecule has 2 amide bonds. The van der Waals surface area contributed by atoms with Crippen molar-refractivity contribution in [2.45, 2.75) is 57.0 Å². The standard InChI is InChI=1S/C15H21N3O/c19-15(17-12-6-2-1-3-7-12)18(13-9-10-13)14-8-4-5-11-16-14/h4-5,8,11-13H,1-3,6-7,9-10H2,(H,17,19). The molecule has 0 unspecified atom stereocenters. The molecule has 2 fully saturated rings. The van der Waals surface area contributed by atoms with E-state index < -0.39 is 0 Å². The van der Waals surface area contributed by atoms with E-state index in [-0.39, 0.29) is 6.03 Å². The molecule has 1 aromatic heterocycles. The number of anilines is 1. The zero-order valence-corrected chi connectivity index (χ0v) is 11.2. The molecule has 0 aliphatic heterocycles. The number of nitrogens with one attached hydrogen (secondary N) is 1. The summed E-state index contributed by atoms with van der Waals surface area (Å²) in [6, 6.07) is 6.47. The molecule has 2 aliphatic carbocycles. The number of carbonyl (C=O) groups is 1. The number of aromatic nitrogens is 1. The van der Waals surface area contributed by atoms with Gasteiger partial charge in [0, 0.05) is 18.3 Å². The predicted molar refractivity (Wildman–Crippen MR) is 75.1 cm³/mol. The number of pyridine rings is 1. The quantitative estimate of drug-likeness (QED) is 0.906. The van der Waals surface area contributed by atoms with Gasteiger partial charge in [-0.1, -0.05) is 25.3 Å². The SMILES string of the molecule is O=C(NC1CCCCC1)N(c1ccccn1)C1CC1. The van der Waals surface area contributed by atoms with E-state index in [9.17, 15) is 4.79 Å². The lowest BCUT2D eigenvalue weighted by Crippen LogP contribution is -2.47. The van der Waals surface area contributed by atoms with E-state index in [0.29, 0.717) is 12.1 Å². The maximum atomic E-state index is 12.5. The van der Waals surface area contributed by atoms with Crippen LogP contribution in [0.5, 0.6) is 0 Å². The number of hydrogen-bond acceptors (Lipinski definition) is 2. The van der Waals surface area contributed by atoms with Crippen molar-refractivity contribution < 1.29 is 4.79 Å². The highest BCUT2D eigenvalue weighted by Gasteiger charge is 2.35. The van der Waals surface area contributed by atoms with Crippen LogP contribution < -0.4 is 10.2 Å². The van der Waals surface area contributed by atoms with E-state index in [1.165, 1.54) is 19.3 Å². The van der Waals surface area contributed by atoms with Crippen molar-refractivity contribution >= 4 is 11.8 Å². The van der Waals surface area contributed by atoms with Crippen molar-refractivity contribution in [3.05, 3.63) is 24.4 Å². The smallest absolute Gasteiger partial charge is 0.323 e. The van der Waals surface area contributed by atoms with Gasteiger partial charge in [0.25, 0.3) is 0 Å². The van der Waals surface area contributed by atoms with Crippen molar-refractivity contribution in [1.29, 1.82) is 0 Å². The first-order chi connectivity index (χ1) is 9.34. The molecule has 0 spiro atoms. The summed E-state index contributed by atoms with van der Waals surface area (Å²) in [5.41, 5.74) is 0. The van der Waals surface area contributed by atoms with Crippen LogP contribution in [0.3, 0.4) is 0 Å². The van der Waals surface area contributed by atoms with E-state index in [1.54, 1.807) is 6.20 Å². The largest absolute Gasteiger partial charge is 0.335 e. The normalized spacial score (nSPS) is 20.0. The molecule has 2 saturated carbocycles. The van der Waals surface area contributed by atoms with Crippen molar-refractivity contribution in [2.24, 2.45) is 0 Å². The van der Waals surface area contributed by atoms with Crippen LogP contribution in [0.1, 0.15) is 44.9 Å². The van der Waals surface area contributed by atoms with Gasteiger partial charge in [-0.05, 0) is 37.8 Å². The Morgan fingerprint density at radius 2 is 1.95 bits per heavy atom. The van der Waals surface area contributed by atoms with Gasteiger partial charge >= 0.3 is 6.03 Å². The van der Waals surface area contributed by atoms with Gasteiger partial charge in [-0.2, -0.15) is 0 Å². The molecule has 1 N–H and O–H groups in total. The predicted octanol–water partition coefficient (Wildman–Crippen LogP) is 3.09. The molecule has 4 heteroatoms. The summed E-state index contributed by atoms with van der Waals surface area (Å²) in [7, 11) is 0. The maximum Gasteiger partial charge on any atom is 0.323 e. The van der Waals surface area contributed by atoms with Crippen LogP contribution in [0.2, 0.25) is 0 Å². The Morgan fingerprint density at radius 1 is 1.16 bits per heavy atom.